The maximum atomic E-state index is 13.1. The van der Waals surface area contributed by atoms with Crippen molar-refractivity contribution in [1.29, 1.82) is 0 Å². The SMILES string of the molecule is CCC(C(=O)NO)N(CCC(=O)O)S(=O)(=O)c1ccc(Oc2ccc(F)cc2)cc1. The van der Waals surface area contributed by atoms with Gasteiger partial charge in [0.2, 0.25) is 10.0 Å². The topological polar surface area (TPSA) is 133 Å². The van der Waals surface area contributed by atoms with Crippen molar-refractivity contribution in [2.45, 2.75) is 30.7 Å². The molecule has 0 radical (unpaired) electrons. The second kappa shape index (κ2) is 10.1. The first-order valence-corrected chi connectivity index (χ1v) is 10.3. The van der Waals surface area contributed by atoms with Gasteiger partial charge in [-0.3, -0.25) is 14.8 Å². The first-order valence-electron chi connectivity index (χ1n) is 8.90. The molecule has 3 N–H and O–H groups in total. The predicted molar refractivity (Wildman–Crippen MR) is 103 cm³/mol. The van der Waals surface area contributed by atoms with Crippen molar-refractivity contribution in [2.75, 3.05) is 6.54 Å². The number of nitrogens with one attached hydrogen (secondary N) is 1. The number of ether oxygens (including phenoxy) is 1. The van der Waals surface area contributed by atoms with Crippen LogP contribution < -0.4 is 10.2 Å². The lowest BCUT2D eigenvalue weighted by Crippen LogP contribution is -2.49. The molecule has 1 amide bonds. The molecule has 0 heterocycles. The zero-order valence-corrected chi connectivity index (χ0v) is 16.8. The second-order valence-corrected chi connectivity index (χ2v) is 8.08. The van der Waals surface area contributed by atoms with Gasteiger partial charge < -0.3 is 9.84 Å². The van der Waals surface area contributed by atoms with Gasteiger partial charge >= 0.3 is 5.97 Å². The summed E-state index contributed by atoms with van der Waals surface area (Å²) in [4.78, 5) is 22.7. The molecular weight excluding hydrogens is 419 g/mol. The Morgan fingerprint density at radius 3 is 2.10 bits per heavy atom. The number of aliphatic carboxylic acids is 1. The largest absolute Gasteiger partial charge is 0.481 e. The summed E-state index contributed by atoms with van der Waals surface area (Å²) in [6.45, 7) is 1.07. The van der Waals surface area contributed by atoms with E-state index < -0.39 is 46.7 Å². The first-order chi connectivity index (χ1) is 14.2. The number of nitrogens with zero attached hydrogens (tertiary/aromatic N) is 1. The van der Waals surface area contributed by atoms with Gasteiger partial charge in [0, 0.05) is 6.54 Å². The molecule has 1 unspecified atom stereocenters. The van der Waals surface area contributed by atoms with E-state index in [0.717, 1.165) is 4.31 Å². The van der Waals surface area contributed by atoms with Crippen molar-refractivity contribution in [2.24, 2.45) is 0 Å². The zero-order chi connectivity index (χ0) is 22.3. The van der Waals surface area contributed by atoms with Gasteiger partial charge in [-0.25, -0.2) is 18.3 Å². The third-order valence-electron chi connectivity index (χ3n) is 4.17. The summed E-state index contributed by atoms with van der Waals surface area (Å²) in [5, 5.41) is 17.8. The number of amides is 1. The summed E-state index contributed by atoms with van der Waals surface area (Å²) >= 11 is 0. The number of hydrogen-bond donors (Lipinski definition) is 3. The average Bonchev–Trinajstić information content (AvgIpc) is 2.72. The number of rotatable bonds is 10. The van der Waals surface area contributed by atoms with Crippen molar-refractivity contribution in [1.82, 2.24) is 9.79 Å². The molecule has 0 saturated carbocycles. The van der Waals surface area contributed by atoms with E-state index in [4.69, 9.17) is 15.1 Å². The molecule has 0 spiro atoms. The minimum Gasteiger partial charge on any atom is -0.481 e. The Kier molecular flexibility index (Phi) is 7.86. The maximum absolute atomic E-state index is 13.1. The Morgan fingerprint density at radius 1 is 1.10 bits per heavy atom. The summed E-state index contributed by atoms with van der Waals surface area (Å²) in [5.41, 5.74) is 1.41. The average molecular weight is 440 g/mol. The van der Waals surface area contributed by atoms with Crippen LogP contribution in [0, 0.1) is 5.82 Å². The second-order valence-electron chi connectivity index (χ2n) is 6.19. The monoisotopic (exact) mass is 440 g/mol. The molecule has 0 aromatic heterocycles. The fraction of sp³-hybridized carbons (Fsp3) is 0.263. The lowest BCUT2D eigenvalue weighted by Gasteiger charge is -2.28. The van der Waals surface area contributed by atoms with Crippen LogP contribution in [0.25, 0.3) is 0 Å². The van der Waals surface area contributed by atoms with Crippen LogP contribution in [0.3, 0.4) is 0 Å². The standard InChI is InChI=1S/C19H21FN2O7S/c1-2-17(19(25)21-26)22(12-11-18(23)24)30(27,28)16-9-7-15(8-10-16)29-14-5-3-13(20)4-6-14/h3-10,17,26H,2,11-12H2,1H3,(H,21,25)(H,23,24). The highest BCUT2D eigenvalue weighted by molar-refractivity contribution is 7.89. The van der Waals surface area contributed by atoms with E-state index in [2.05, 4.69) is 0 Å². The van der Waals surface area contributed by atoms with Crippen molar-refractivity contribution in [3.63, 3.8) is 0 Å². The predicted octanol–water partition coefficient (Wildman–Crippen LogP) is 2.37. The van der Waals surface area contributed by atoms with Gasteiger partial charge in [0.05, 0.1) is 11.3 Å². The number of carboxylic acids is 1. The van der Waals surface area contributed by atoms with E-state index in [-0.39, 0.29) is 17.1 Å². The van der Waals surface area contributed by atoms with Gasteiger partial charge in [-0.2, -0.15) is 4.31 Å². The molecule has 2 aromatic rings. The molecule has 0 fully saturated rings. The Balaban J connectivity index is 2.30. The highest BCUT2D eigenvalue weighted by Gasteiger charge is 2.35. The third kappa shape index (κ3) is 5.75. The number of sulfonamides is 1. The van der Waals surface area contributed by atoms with Gasteiger partial charge in [-0.1, -0.05) is 6.92 Å². The van der Waals surface area contributed by atoms with Crippen LogP contribution in [0.2, 0.25) is 0 Å². The first kappa shape index (κ1) is 23.3. The number of halogens is 1. The molecule has 2 aromatic carbocycles. The van der Waals surface area contributed by atoms with Crippen molar-refractivity contribution >= 4 is 21.9 Å². The van der Waals surface area contributed by atoms with E-state index in [0.29, 0.717) is 5.75 Å². The normalized spacial score (nSPS) is 12.4. The molecule has 0 saturated heterocycles. The lowest BCUT2D eigenvalue weighted by atomic mass is 10.2. The van der Waals surface area contributed by atoms with Crippen LogP contribution in [0.1, 0.15) is 19.8 Å². The van der Waals surface area contributed by atoms with Gasteiger partial charge in [-0.15, -0.1) is 0 Å². The highest BCUT2D eigenvalue weighted by Crippen LogP contribution is 2.26. The molecule has 9 nitrogen and oxygen atoms in total. The van der Waals surface area contributed by atoms with Crippen molar-refractivity contribution in [3.05, 3.63) is 54.3 Å². The number of hydroxylamine groups is 1. The third-order valence-corrected chi connectivity index (χ3v) is 6.10. The Hall–Kier alpha value is -3.02. The van der Waals surface area contributed by atoms with Crippen LogP contribution in [-0.4, -0.2) is 47.5 Å². The molecule has 162 valence electrons. The number of carboxylic acid groups (broad SMARTS) is 1. The van der Waals surface area contributed by atoms with Gasteiger partial charge in [0.15, 0.2) is 0 Å². The summed E-state index contributed by atoms with van der Waals surface area (Å²) < 4.78 is 45.3. The maximum Gasteiger partial charge on any atom is 0.304 e. The van der Waals surface area contributed by atoms with Crippen LogP contribution in [0.15, 0.2) is 53.4 Å². The molecule has 1 atom stereocenters. The van der Waals surface area contributed by atoms with Crippen molar-refractivity contribution in [3.8, 4) is 11.5 Å². The molecular formula is C19H21FN2O7S. The number of carbonyl (C=O) groups is 2. The lowest BCUT2D eigenvalue weighted by molar-refractivity contribution is -0.138. The van der Waals surface area contributed by atoms with Crippen LogP contribution >= 0.6 is 0 Å². The minimum atomic E-state index is -4.27. The van der Waals surface area contributed by atoms with Crippen molar-refractivity contribution < 1.29 is 37.4 Å². The molecule has 2 rings (SSSR count). The molecule has 0 aliphatic rings. The molecule has 0 bridgehead atoms. The quantitative estimate of drug-likeness (QED) is 0.381. The summed E-state index contributed by atoms with van der Waals surface area (Å²) in [6.07, 6.45) is -0.517. The van der Waals surface area contributed by atoms with Crippen LogP contribution in [-0.2, 0) is 19.6 Å². The van der Waals surface area contributed by atoms with Gasteiger partial charge in [-0.05, 0) is 55.0 Å². The number of benzene rings is 2. The fourth-order valence-corrected chi connectivity index (χ4v) is 4.36. The zero-order valence-electron chi connectivity index (χ0n) is 16.0. The van der Waals surface area contributed by atoms with E-state index in [1.165, 1.54) is 60.9 Å². The number of hydrogen-bond acceptors (Lipinski definition) is 6. The smallest absolute Gasteiger partial charge is 0.304 e. The molecule has 30 heavy (non-hydrogen) atoms. The number of carbonyl (C=O) groups excluding carboxylic acids is 1. The van der Waals surface area contributed by atoms with Gasteiger partial charge in [0.1, 0.15) is 23.4 Å². The van der Waals surface area contributed by atoms with Gasteiger partial charge in [0.25, 0.3) is 5.91 Å². The van der Waals surface area contributed by atoms with Crippen LogP contribution in [0.4, 0.5) is 4.39 Å². The Bertz CT molecular complexity index is 979. The molecule has 0 aliphatic heterocycles. The van der Waals surface area contributed by atoms with E-state index >= 15 is 0 Å². The molecule has 0 aliphatic carbocycles. The highest BCUT2D eigenvalue weighted by atomic mass is 32.2. The minimum absolute atomic E-state index is 0.0109. The van der Waals surface area contributed by atoms with E-state index in [1.807, 2.05) is 0 Å². The summed E-state index contributed by atoms with van der Waals surface area (Å²) in [5.74, 6) is -2.00. The molecule has 11 heteroatoms. The van der Waals surface area contributed by atoms with E-state index in [9.17, 15) is 22.4 Å². The summed E-state index contributed by atoms with van der Waals surface area (Å²) in [7, 11) is -4.27. The summed E-state index contributed by atoms with van der Waals surface area (Å²) in [6, 6.07) is 9.18. The fourth-order valence-electron chi connectivity index (χ4n) is 2.70. The Morgan fingerprint density at radius 2 is 1.63 bits per heavy atom. The Labute approximate surface area is 172 Å². The van der Waals surface area contributed by atoms with Crippen LogP contribution in [0.5, 0.6) is 11.5 Å². The van der Waals surface area contributed by atoms with E-state index in [1.54, 1.807) is 0 Å².